The normalized spacial score (nSPS) is 27.4. The van der Waals surface area contributed by atoms with Crippen molar-refractivity contribution in [3.8, 4) is 0 Å². The van der Waals surface area contributed by atoms with Gasteiger partial charge >= 0.3 is 0 Å². The smallest absolute Gasteiger partial charge is 0.0931 e. The van der Waals surface area contributed by atoms with E-state index in [9.17, 15) is 0 Å². The summed E-state index contributed by atoms with van der Waals surface area (Å²) in [6.45, 7) is 8.23. The number of thiophene rings is 1. The first kappa shape index (κ1) is 16.2. The summed E-state index contributed by atoms with van der Waals surface area (Å²) in [5.74, 6) is 0. The number of hydrogen-bond donors (Lipinski definition) is 1. The second-order valence-electron chi connectivity index (χ2n) is 5.56. The maximum atomic E-state index is 6.43. The zero-order valence-corrected chi connectivity index (χ0v) is 14.1. The van der Waals surface area contributed by atoms with Gasteiger partial charge in [0.1, 0.15) is 0 Å². The van der Waals surface area contributed by atoms with Crippen molar-refractivity contribution in [3.05, 3.63) is 21.3 Å². The van der Waals surface area contributed by atoms with Crippen molar-refractivity contribution in [2.24, 2.45) is 5.73 Å². The Bertz CT molecular complexity index is 426. The highest BCUT2D eigenvalue weighted by Gasteiger charge is 2.35. The predicted molar refractivity (Wildman–Crippen MR) is 86.5 cm³/mol. The van der Waals surface area contributed by atoms with Gasteiger partial charge in [0.15, 0.2) is 0 Å². The number of nitrogens with two attached hydrogens (primary N) is 1. The third-order valence-electron chi connectivity index (χ3n) is 4.10. The summed E-state index contributed by atoms with van der Waals surface area (Å²) < 4.78 is 6.65. The molecule has 1 aromatic heterocycles. The molecule has 0 bridgehead atoms. The first-order chi connectivity index (χ1) is 9.56. The summed E-state index contributed by atoms with van der Waals surface area (Å²) in [6, 6.07) is 4.91. The van der Waals surface area contributed by atoms with E-state index >= 15 is 0 Å². The molecule has 1 aliphatic rings. The van der Waals surface area contributed by atoms with E-state index in [4.69, 9.17) is 22.1 Å². The van der Waals surface area contributed by atoms with Gasteiger partial charge in [0.2, 0.25) is 0 Å². The zero-order chi connectivity index (χ0) is 14.7. The Morgan fingerprint density at radius 1 is 1.50 bits per heavy atom. The van der Waals surface area contributed by atoms with E-state index < -0.39 is 0 Å². The first-order valence-corrected chi connectivity index (χ1v) is 8.64. The second kappa shape index (κ2) is 7.23. The van der Waals surface area contributed by atoms with E-state index in [0.29, 0.717) is 6.04 Å². The van der Waals surface area contributed by atoms with E-state index in [2.05, 4.69) is 31.7 Å². The molecule has 0 amide bonds. The third kappa shape index (κ3) is 3.55. The molecule has 2 N–H and O–H groups in total. The number of nitrogens with zero attached hydrogens (tertiary/aromatic N) is 1. The van der Waals surface area contributed by atoms with Crippen LogP contribution in [0.5, 0.6) is 0 Å². The van der Waals surface area contributed by atoms with Gasteiger partial charge in [0.05, 0.1) is 23.1 Å². The van der Waals surface area contributed by atoms with Gasteiger partial charge in [0, 0.05) is 23.5 Å². The summed E-state index contributed by atoms with van der Waals surface area (Å²) in [7, 11) is 0. The molecule has 1 fully saturated rings. The van der Waals surface area contributed by atoms with Crippen LogP contribution in [0.2, 0.25) is 4.34 Å². The van der Waals surface area contributed by atoms with E-state index in [0.717, 1.165) is 30.3 Å². The largest absolute Gasteiger partial charge is 0.376 e. The van der Waals surface area contributed by atoms with E-state index in [1.54, 1.807) is 11.3 Å². The SMILES string of the molecule is CCC(N)C(c1ccc(Cl)s1)N1CC(C)OCC1CC. The molecule has 1 aromatic rings. The van der Waals surface area contributed by atoms with Crippen LogP contribution < -0.4 is 5.73 Å². The summed E-state index contributed by atoms with van der Waals surface area (Å²) >= 11 is 7.77. The standard InChI is InChI=1S/C15H25ClN2OS/c1-4-11-9-19-10(3)8-18(11)15(12(17)5-2)13-6-7-14(16)20-13/h6-7,10-12,15H,4-5,8-9,17H2,1-3H3. The predicted octanol–water partition coefficient (Wildman–Crippen LogP) is 3.68. The average molecular weight is 317 g/mol. The van der Waals surface area contributed by atoms with Crippen LogP contribution in [-0.2, 0) is 4.74 Å². The Kier molecular flexibility index (Phi) is 5.87. The van der Waals surface area contributed by atoms with Crippen molar-refractivity contribution in [1.29, 1.82) is 0 Å². The molecule has 4 atom stereocenters. The van der Waals surface area contributed by atoms with Gasteiger partial charge in [-0.05, 0) is 31.9 Å². The quantitative estimate of drug-likeness (QED) is 0.900. The van der Waals surface area contributed by atoms with Crippen LogP contribution in [0.4, 0.5) is 0 Å². The van der Waals surface area contributed by atoms with Crippen molar-refractivity contribution in [3.63, 3.8) is 0 Å². The highest BCUT2D eigenvalue weighted by molar-refractivity contribution is 7.16. The van der Waals surface area contributed by atoms with Crippen molar-refractivity contribution < 1.29 is 4.74 Å². The summed E-state index contributed by atoms with van der Waals surface area (Å²) in [5.41, 5.74) is 6.43. The topological polar surface area (TPSA) is 38.5 Å². The summed E-state index contributed by atoms with van der Waals surface area (Å²) in [4.78, 5) is 3.81. The molecule has 1 saturated heterocycles. The van der Waals surface area contributed by atoms with Crippen molar-refractivity contribution in [1.82, 2.24) is 4.90 Å². The van der Waals surface area contributed by atoms with Crippen LogP contribution in [-0.4, -0.2) is 36.2 Å². The van der Waals surface area contributed by atoms with E-state index in [1.807, 2.05) is 6.07 Å². The number of rotatable bonds is 5. The van der Waals surface area contributed by atoms with Gasteiger partial charge in [-0.1, -0.05) is 25.4 Å². The summed E-state index contributed by atoms with van der Waals surface area (Å²) in [5, 5.41) is 0. The van der Waals surface area contributed by atoms with Crippen LogP contribution in [0, 0.1) is 0 Å². The maximum Gasteiger partial charge on any atom is 0.0931 e. The Balaban J connectivity index is 2.29. The molecule has 2 heterocycles. The molecule has 2 rings (SSSR count). The Morgan fingerprint density at radius 3 is 2.80 bits per heavy atom. The van der Waals surface area contributed by atoms with Gasteiger partial charge < -0.3 is 10.5 Å². The Morgan fingerprint density at radius 2 is 2.25 bits per heavy atom. The molecule has 0 radical (unpaired) electrons. The Labute approximate surface area is 131 Å². The lowest BCUT2D eigenvalue weighted by atomic mass is 9.98. The minimum absolute atomic E-state index is 0.129. The van der Waals surface area contributed by atoms with Gasteiger partial charge in [-0.15, -0.1) is 11.3 Å². The fourth-order valence-corrected chi connectivity index (χ4v) is 4.15. The second-order valence-corrected chi connectivity index (χ2v) is 7.31. The highest BCUT2D eigenvalue weighted by Crippen LogP contribution is 2.36. The van der Waals surface area contributed by atoms with Gasteiger partial charge in [-0.2, -0.15) is 0 Å². The zero-order valence-electron chi connectivity index (χ0n) is 12.5. The van der Waals surface area contributed by atoms with Crippen LogP contribution in [0.1, 0.15) is 44.5 Å². The molecular formula is C15H25ClN2OS. The van der Waals surface area contributed by atoms with Crippen LogP contribution >= 0.6 is 22.9 Å². The van der Waals surface area contributed by atoms with Crippen molar-refractivity contribution >= 4 is 22.9 Å². The van der Waals surface area contributed by atoms with Gasteiger partial charge in [-0.3, -0.25) is 4.90 Å². The third-order valence-corrected chi connectivity index (χ3v) is 5.40. The van der Waals surface area contributed by atoms with Crippen molar-refractivity contribution in [2.75, 3.05) is 13.2 Å². The number of morpholine rings is 1. The van der Waals surface area contributed by atoms with Gasteiger partial charge in [-0.25, -0.2) is 0 Å². The fourth-order valence-electron chi connectivity index (χ4n) is 2.89. The molecule has 1 aliphatic heterocycles. The summed E-state index contributed by atoms with van der Waals surface area (Å²) in [6.07, 6.45) is 2.31. The van der Waals surface area contributed by atoms with E-state index in [-0.39, 0.29) is 18.2 Å². The molecule has 114 valence electrons. The van der Waals surface area contributed by atoms with Crippen LogP contribution in [0.25, 0.3) is 0 Å². The van der Waals surface area contributed by atoms with Crippen LogP contribution in [0.15, 0.2) is 12.1 Å². The minimum Gasteiger partial charge on any atom is -0.376 e. The van der Waals surface area contributed by atoms with E-state index in [1.165, 1.54) is 4.88 Å². The Hall–Kier alpha value is -0.130. The molecule has 20 heavy (non-hydrogen) atoms. The number of hydrogen-bond acceptors (Lipinski definition) is 4. The van der Waals surface area contributed by atoms with Crippen molar-refractivity contribution in [2.45, 2.75) is 57.8 Å². The molecule has 3 nitrogen and oxygen atoms in total. The maximum absolute atomic E-state index is 6.43. The average Bonchev–Trinajstić information content (AvgIpc) is 2.85. The molecule has 4 unspecified atom stereocenters. The molecule has 5 heteroatoms. The first-order valence-electron chi connectivity index (χ1n) is 7.44. The molecule has 0 aromatic carbocycles. The minimum atomic E-state index is 0.129. The lowest BCUT2D eigenvalue weighted by Gasteiger charge is -2.44. The lowest BCUT2D eigenvalue weighted by Crippen LogP contribution is -2.53. The molecule has 0 saturated carbocycles. The fraction of sp³-hybridized carbons (Fsp3) is 0.733. The monoisotopic (exact) mass is 316 g/mol. The molecule has 0 spiro atoms. The lowest BCUT2D eigenvalue weighted by molar-refractivity contribution is -0.0766. The number of ether oxygens (including phenoxy) is 1. The number of halogens is 1. The highest BCUT2D eigenvalue weighted by atomic mass is 35.5. The molecular weight excluding hydrogens is 292 g/mol. The van der Waals surface area contributed by atoms with Gasteiger partial charge in [0.25, 0.3) is 0 Å². The van der Waals surface area contributed by atoms with Crippen LogP contribution in [0.3, 0.4) is 0 Å². The molecule has 0 aliphatic carbocycles.